The molecule has 0 aromatic carbocycles. The number of rotatable bonds is 5. The van der Waals surface area contributed by atoms with E-state index in [0.29, 0.717) is 13.1 Å². The minimum atomic E-state index is -0.0468. The van der Waals surface area contributed by atoms with Crippen molar-refractivity contribution in [3.8, 4) is 0 Å². The van der Waals surface area contributed by atoms with Gasteiger partial charge in [-0.2, -0.15) is 0 Å². The van der Waals surface area contributed by atoms with Crippen molar-refractivity contribution in [1.82, 2.24) is 19.6 Å². The molecule has 2 aromatic heterocycles. The predicted octanol–water partition coefficient (Wildman–Crippen LogP) is -0.419. The van der Waals surface area contributed by atoms with Crippen LogP contribution in [-0.2, 0) is 20.1 Å². The lowest BCUT2D eigenvalue weighted by Crippen LogP contribution is -2.15. The Hall–Kier alpha value is -2.15. The van der Waals surface area contributed by atoms with E-state index in [2.05, 4.69) is 15.6 Å². The molecule has 7 nitrogen and oxygen atoms in total. The molecule has 0 radical (unpaired) electrons. The van der Waals surface area contributed by atoms with E-state index in [0.717, 1.165) is 11.4 Å². The lowest BCUT2D eigenvalue weighted by atomic mass is 10.4. The lowest BCUT2D eigenvalue weighted by Gasteiger charge is -2.05. The van der Waals surface area contributed by atoms with Crippen LogP contribution in [0.25, 0.3) is 0 Å². The summed E-state index contributed by atoms with van der Waals surface area (Å²) in [5, 5.41) is 19.7. The number of aliphatic hydroxyl groups excluding tert-OH is 1. The van der Waals surface area contributed by atoms with Crippen LogP contribution in [0.5, 0.6) is 0 Å². The largest absolute Gasteiger partial charge is 0.394 e. The Morgan fingerprint density at radius 2 is 2.22 bits per heavy atom. The maximum Gasteiger partial charge on any atom is 0.250 e. The summed E-state index contributed by atoms with van der Waals surface area (Å²) in [7, 11) is 1.70. The van der Waals surface area contributed by atoms with Crippen molar-refractivity contribution in [3.63, 3.8) is 0 Å². The van der Waals surface area contributed by atoms with Gasteiger partial charge in [-0.1, -0.05) is 5.21 Å². The Morgan fingerprint density at radius 1 is 1.39 bits per heavy atom. The Kier molecular flexibility index (Phi) is 3.73. The highest BCUT2D eigenvalue weighted by Crippen LogP contribution is 2.04. The number of aromatic nitrogens is 4. The number of pyridine rings is 1. The van der Waals surface area contributed by atoms with Gasteiger partial charge in [0, 0.05) is 19.3 Å². The van der Waals surface area contributed by atoms with Crippen molar-refractivity contribution < 1.29 is 5.11 Å². The van der Waals surface area contributed by atoms with Crippen molar-refractivity contribution in [2.75, 3.05) is 11.9 Å². The van der Waals surface area contributed by atoms with Crippen LogP contribution < -0.4 is 10.9 Å². The highest BCUT2D eigenvalue weighted by atomic mass is 16.3. The van der Waals surface area contributed by atoms with Crippen LogP contribution in [0.4, 0.5) is 5.69 Å². The van der Waals surface area contributed by atoms with E-state index in [1.807, 2.05) is 0 Å². The third-order valence-electron chi connectivity index (χ3n) is 2.47. The van der Waals surface area contributed by atoms with Gasteiger partial charge in [0.15, 0.2) is 0 Å². The minimum Gasteiger partial charge on any atom is -0.394 e. The number of hydrogen-bond acceptors (Lipinski definition) is 5. The fourth-order valence-electron chi connectivity index (χ4n) is 1.52. The normalized spacial score (nSPS) is 10.6. The molecular weight excluding hydrogens is 234 g/mol. The lowest BCUT2D eigenvalue weighted by molar-refractivity contribution is 0.268. The molecule has 0 amide bonds. The first-order valence-corrected chi connectivity index (χ1v) is 5.59. The summed E-state index contributed by atoms with van der Waals surface area (Å²) < 4.78 is 3.09. The van der Waals surface area contributed by atoms with Crippen molar-refractivity contribution in [3.05, 3.63) is 40.6 Å². The van der Waals surface area contributed by atoms with Crippen molar-refractivity contribution in [1.29, 1.82) is 0 Å². The first-order chi connectivity index (χ1) is 8.69. The minimum absolute atomic E-state index is 0.0387. The molecule has 0 saturated heterocycles. The van der Waals surface area contributed by atoms with Gasteiger partial charge in [-0.15, -0.1) is 5.10 Å². The number of anilines is 1. The summed E-state index contributed by atoms with van der Waals surface area (Å²) >= 11 is 0. The number of nitrogens with one attached hydrogen (secondary N) is 1. The molecular formula is C11H15N5O2. The molecule has 0 fully saturated rings. The summed E-state index contributed by atoms with van der Waals surface area (Å²) in [5.74, 6) is 0. The van der Waals surface area contributed by atoms with Gasteiger partial charge in [0.25, 0.3) is 0 Å². The first-order valence-electron chi connectivity index (χ1n) is 5.59. The van der Waals surface area contributed by atoms with Crippen LogP contribution in [0.3, 0.4) is 0 Å². The first kappa shape index (κ1) is 12.3. The van der Waals surface area contributed by atoms with E-state index in [4.69, 9.17) is 5.11 Å². The second kappa shape index (κ2) is 5.46. The molecule has 0 unspecified atom stereocenters. The Labute approximate surface area is 104 Å². The summed E-state index contributed by atoms with van der Waals surface area (Å²) in [5.41, 5.74) is 1.57. The van der Waals surface area contributed by atoms with E-state index in [1.165, 1.54) is 10.6 Å². The molecule has 2 N–H and O–H groups in total. The maximum absolute atomic E-state index is 11.2. The summed E-state index contributed by atoms with van der Waals surface area (Å²) in [6.45, 7) is 0.994. The fourth-order valence-corrected chi connectivity index (χ4v) is 1.52. The monoisotopic (exact) mass is 249 g/mol. The second-order valence-corrected chi connectivity index (χ2v) is 3.92. The van der Waals surface area contributed by atoms with Crippen LogP contribution in [0.1, 0.15) is 5.69 Å². The fraction of sp³-hybridized carbons (Fsp3) is 0.364. The molecule has 96 valence electrons. The summed E-state index contributed by atoms with van der Waals surface area (Å²) in [4.78, 5) is 11.2. The number of nitrogens with zero attached hydrogens (tertiary/aromatic N) is 4. The van der Waals surface area contributed by atoms with Gasteiger partial charge >= 0.3 is 0 Å². The van der Waals surface area contributed by atoms with Gasteiger partial charge in [0.1, 0.15) is 5.69 Å². The molecule has 18 heavy (non-hydrogen) atoms. The molecule has 0 spiro atoms. The molecule has 0 saturated carbocycles. The molecule has 2 rings (SSSR count). The van der Waals surface area contributed by atoms with Gasteiger partial charge in [-0.25, -0.2) is 4.68 Å². The average molecular weight is 249 g/mol. The van der Waals surface area contributed by atoms with E-state index >= 15 is 0 Å². The maximum atomic E-state index is 11.2. The number of hydrogen-bond donors (Lipinski definition) is 2. The summed E-state index contributed by atoms with van der Waals surface area (Å²) in [6.07, 6.45) is 3.49. The van der Waals surface area contributed by atoms with E-state index in [9.17, 15) is 4.79 Å². The number of aliphatic hydroxyl groups is 1. The Morgan fingerprint density at radius 3 is 2.94 bits per heavy atom. The average Bonchev–Trinajstić information content (AvgIpc) is 2.79. The van der Waals surface area contributed by atoms with Gasteiger partial charge in [-0.05, 0) is 6.07 Å². The van der Waals surface area contributed by atoms with E-state index < -0.39 is 0 Å². The molecule has 0 bridgehead atoms. The topological polar surface area (TPSA) is 85.0 Å². The van der Waals surface area contributed by atoms with Crippen LogP contribution in [-0.4, -0.2) is 31.3 Å². The highest BCUT2D eigenvalue weighted by molar-refractivity contribution is 5.40. The molecule has 7 heteroatoms. The molecule has 0 aliphatic heterocycles. The third kappa shape index (κ3) is 2.95. The quantitative estimate of drug-likeness (QED) is 0.752. The number of aryl methyl sites for hydroxylation is 1. The SMILES string of the molecule is Cn1cc(NCc2cn(CCO)nn2)ccc1=O. The second-order valence-electron chi connectivity index (χ2n) is 3.92. The van der Waals surface area contributed by atoms with E-state index in [1.54, 1.807) is 30.2 Å². The van der Waals surface area contributed by atoms with Crippen LogP contribution in [0.15, 0.2) is 29.3 Å². The zero-order valence-corrected chi connectivity index (χ0v) is 10.1. The molecule has 2 heterocycles. The zero-order chi connectivity index (χ0) is 13.0. The highest BCUT2D eigenvalue weighted by Gasteiger charge is 2.01. The standard InChI is InChI=1S/C11H15N5O2/c1-15-7-9(2-3-11(15)18)12-6-10-8-16(4-5-17)14-13-10/h2-3,7-8,12,17H,4-6H2,1H3. The van der Waals surface area contributed by atoms with Gasteiger partial charge in [0.05, 0.1) is 31.6 Å². The predicted molar refractivity (Wildman–Crippen MR) is 66.1 cm³/mol. The smallest absolute Gasteiger partial charge is 0.250 e. The van der Waals surface area contributed by atoms with Crippen molar-refractivity contribution in [2.45, 2.75) is 13.1 Å². The zero-order valence-electron chi connectivity index (χ0n) is 10.1. The van der Waals surface area contributed by atoms with Crippen molar-refractivity contribution >= 4 is 5.69 Å². The van der Waals surface area contributed by atoms with Gasteiger partial charge in [0.2, 0.25) is 5.56 Å². The summed E-state index contributed by atoms with van der Waals surface area (Å²) in [6, 6.07) is 3.23. The van der Waals surface area contributed by atoms with Gasteiger partial charge in [-0.3, -0.25) is 4.79 Å². The van der Waals surface area contributed by atoms with Crippen molar-refractivity contribution in [2.24, 2.45) is 7.05 Å². The Balaban J connectivity index is 1.97. The van der Waals surface area contributed by atoms with Gasteiger partial charge < -0.3 is 15.0 Å². The van der Waals surface area contributed by atoms with Crippen LogP contribution in [0, 0.1) is 0 Å². The van der Waals surface area contributed by atoms with Crippen LogP contribution >= 0.6 is 0 Å². The molecule has 0 atom stereocenters. The Bertz CT molecular complexity index is 575. The van der Waals surface area contributed by atoms with Crippen LogP contribution in [0.2, 0.25) is 0 Å². The molecule has 0 aliphatic rings. The molecule has 0 aliphatic carbocycles. The van der Waals surface area contributed by atoms with E-state index in [-0.39, 0.29) is 12.2 Å². The molecule has 2 aromatic rings. The third-order valence-corrected chi connectivity index (χ3v) is 2.47.